The summed E-state index contributed by atoms with van der Waals surface area (Å²) >= 11 is 12.3. The summed E-state index contributed by atoms with van der Waals surface area (Å²) in [5.41, 5.74) is 2.38. The van der Waals surface area contributed by atoms with Crippen LogP contribution in [0.1, 0.15) is 27.9 Å². The Balaban J connectivity index is 0.000000209. The number of carboxylic acid groups (broad SMARTS) is 1. The fraction of sp³-hybridized carbons (Fsp3) is 0.333. The van der Waals surface area contributed by atoms with Crippen molar-refractivity contribution in [1.29, 1.82) is 0 Å². The highest BCUT2D eigenvalue weighted by molar-refractivity contribution is 6.39. The van der Waals surface area contributed by atoms with Gasteiger partial charge in [-0.25, -0.2) is 13.2 Å². The van der Waals surface area contributed by atoms with Gasteiger partial charge in [0.25, 0.3) is 5.91 Å². The van der Waals surface area contributed by atoms with E-state index in [0.29, 0.717) is 34.3 Å². The maximum Gasteiger partial charge on any atom is 0.411 e. The highest BCUT2D eigenvalue weighted by atomic mass is 35.5. The average Bonchev–Trinajstić information content (AvgIpc) is 2.96. The van der Waals surface area contributed by atoms with Crippen molar-refractivity contribution in [1.82, 2.24) is 5.32 Å². The monoisotopic (exact) mass is 678 g/mol. The number of carbonyl (C=O) groups excluding carboxylic acids is 1. The molecule has 1 atom stereocenters. The third-order valence-electron chi connectivity index (χ3n) is 7.08. The molecule has 0 spiro atoms. The van der Waals surface area contributed by atoms with Gasteiger partial charge in [-0.1, -0.05) is 35.3 Å². The van der Waals surface area contributed by atoms with E-state index in [0.717, 1.165) is 29.1 Å². The number of aryl methyl sites for hydroxylation is 1. The number of aliphatic carboxylic acids is 1. The zero-order chi connectivity index (χ0) is 33.1. The molecular weight excluding hydrogens is 653 g/mol. The van der Waals surface area contributed by atoms with E-state index in [1.807, 2.05) is 12.1 Å². The third-order valence-corrected chi connectivity index (χ3v) is 7.68. The summed E-state index contributed by atoms with van der Waals surface area (Å²) in [6.07, 6.45) is -2.70. The molecule has 0 aliphatic carbocycles. The molecule has 1 amide bonds. The quantitative estimate of drug-likeness (QED) is 0.283. The standard InChI is InChI=1S/C16H13Cl2FO.C14H13F5N2O4/c1-9-4-5-12(16-11(9)3-2-6-20-16)15-13(17)7-10(19)8-14(15)18;15-8-3-7(21-1-2-25-6-10(21)14(17,18)19)4-9(16)12(8)13(24)20-5-11(22)23/h4-5,7-8H,2-3,6H2,1H3;3-4,10H,1-2,5-6H2,(H,20,24)(H,22,23). The molecule has 242 valence electrons. The number of hydrogen-bond donors (Lipinski definition) is 2. The molecule has 1 fully saturated rings. The van der Waals surface area contributed by atoms with Crippen molar-refractivity contribution in [3.05, 3.63) is 80.6 Å². The first-order valence-corrected chi connectivity index (χ1v) is 14.2. The van der Waals surface area contributed by atoms with Crippen LogP contribution < -0.4 is 15.0 Å². The number of fused-ring (bicyclic) bond motifs is 1. The number of nitrogens with one attached hydrogen (secondary N) is 1. The van der Waals surface area contributed by atoms with Crippen molar-refractivity contribution in [2.75, 3.05) is 37.8 Å². The number of halogens is 8. The van der Waals surface area contributed by atoms with Gasteiger partial charge in [0, 0.05) is 23.4 Å². The number of ether oxygens (including phenoxy) is 2. The predicted octanol–water partition coefficient (Wildman–Crippen LogP) is 6.98. The van der Waals surface area contributed by atoms with Gasteiger partial charge in [-0.3, -0.25) is 9.59 Å². The van der Waals surface area contributed by atoms with Crippen LogP contribution in [0.4, 0.5) is 32.0 Å². The van der Waals surface area contributed by atoms with Crippen molar-refractivity contribution in [3.8, 4) is 16.9 Å². The number of rotatable bonds is 5. The lowest BCUT2D eigenvalue weighted by Gasteiger charge is -2.38. The molecule has 2 N–H and O–H groups in total. The van der Waals surface area contributed by atoms with Gasteiger partial charge >= 0.3 is 12.1 Å². The lowest BCUT2D eigenvalue weighted by molar-refractivity contribution is -0.167. The van der Waals surface area contributed by atoms with Crippen LogP contribution in [0, 0.1) is 24.4 Å². The summed E-state index contributed by atoms with van der Waals surface area (Å²) in [6, 6.07) is 5.64. The molecule has 0 bridgehead atoms. The number of benzene rings is 3. The maximum absolute atomic E-state index is 14.1. The number of hydrogen-bond acceptors (Lipinski definition) is 5. The van der Waals surface area contributed by atoms with E-state index in [-0.39, 0.29) is 13.2 Å². The van der Waals surface area contributed by atoms with Gasteiger partial charge in [-0.15, -0.1) is 0 Å². The summed E-state index contributed by atoms with van der Waals surface area (Å²) in [6.45, 7) is 0.891. The van der Waals surface area contributed by atoms with E-state index in [1.165, 1.54) is 23.3 Å². The minimum atomic E-state index is -4.68. The summed E-state index contributed by atoms with van der Waals surface area (Å²) < 4.78 is 91.2. The van der Waals surface area contributed by atoms with Gasteiger partial charge in [0.1, 0.15) is 41.4 Å². The molecule has 0 aromatic heterocycles. The van der Waals surface area contributed by atoms with Crippen LogP contribution in [0.25, 0.3) is 11.1 Å². The van der Waals surface area contributed by atoms with Crippen molar-refractivity contribution < 1.29 is 50.5 Å². The molecule has 3 aromatic rings. The second-order valence-electron chi connectivity index (χ2n) is 10.1. The molecule has 45 heavy (non-hydrogen) atoms. The number of anilines is 1. The molecule has 2 aliphatic rings. The third kappa shape index (κ3) is 7.95. The average molecular weight is 679 g/mol. The molecule has 1 unspecified atom stereocenters. The lowest BCUT2D eigenvalue weighted by Crippen LogP contribution is -2.53. The van der Waals surface area contributed by atoms with Crippen LogP contribution in [-0.2, 0) is 16.0 Å². The number of morpholine rings is 1. The first-order chi connectivity index (χ1) is 21.2. The number of carbonyl (C=O) groups is 2. The first kappa shape index (κ1) is 34.2. The Morgan fingerprint density at radius 2 is 1.69 bits per heavy atom. The summed E-state index contributed by atoms with van der Waals surface area (Å²) in [4.78, 5) is 22.7. The smallest absolute Gasteiger partial charge is 0.411 e. The first-order valence-electron chi connectivity index (χ1n) is 13.5. The van der Waals surface area contributed by atoms with Crippen LogP contribution in [0.15, 0.2) is 36.4 Å². The van der Waals surface area contributed by atoms with Gasteiger partial charge in [0.2, 0.25) is 0 Å². The van der Waals surface area contributed by atoms with E-state index < -0.39 is 65.9 Å². The number of amides is 1. The second kappa shape index (κ2) is 14.2. The van der Waals surface area contributed by atoms with Crippen LogP contribution in [-0.4, -0.2) is 62.1 Å². The molecule has 2 heterocycles. The second-order valence-corrected chi connectivity index (χ2v) is 10.9. The lowest BCUT2D eigenvalue weighted by atomic mass is 9.94. The largest absolute Gasteiger partial charge is 0.493 e. The van der Waals surface area contributed by atoms with Crippen LogP contribution in [0.2, 0.25) is 10.0 Å². The van der Waals surface area contributed by atoms with Crippen LogP contribution in [0.3, 0.4) is 0 Å². The normalized spacial score (nSPS) is 16.2. The number of alkyl halides is 3. The van der Waals surface area contributed by atoms with E-state index in [2.05, 4.69) is 6.92 Å². The summed E-state index contributed by atoms with van der Waals surface area (Å²) in [5, 5.41) is 10.8. The zero-order valence-corrected chi connectivity index (χ0v) is 25.1. The Hall–Kier alpha value is -3.68. The highest BCUT2D eigenvalue weighted by Gasteiger charge is 2.45. The predicted molar refractivity (Wildman–Crippen MR) is 155 cm³/mol. The van der Waals surface area contributed by atoms with E-state index in [1.54, 1.807) is 5.32 Å². The molecule has 5 rings (SSSR count). The van der Waals surface area contributed by atoms with Crippen molar-refractivity contribution in [2.45, 2.75) is 32.0 Å². The topological polar surface area (TPSA) is 88.1 Å². The Morgan fingerprint density at radius 1 is 1.04 bits per heavy atom. The van der Waals surface area contributed by atoms with Crippen molar-refractivity contribution >= 4 is 40.8 Å². The zero-order valence-electron chi connectivity index (χ0n) is 23.5. The Morgan fingerprint density at radius 3 is 2.29 bits per heavy atom. The molecule has 3 aromatic carbocycles. The fourth-order valence-electron chi connectivity index (χ4n) is 4.99. The minimum Gasteiger partial charge on any atom is -0.493 e. The van der Waals surface area contributed by atoms with Gasteiger partial charge < -0.3 is 24.8 Å². The van der Waals surface area contributed by atoms with E-state index in [9.17, 15) is 35.9 Å². The van der Waals surface area contributed by atoms with E-state index in [4.69, 9.17) is 37.8 Å². The van der Waals surface area contributed by atoms with Gasteiger partial charge in [-0.05, 0) is 55.2 Å². The molecule has 1 saturated heterocycles. The fourth-order valence-corrected chi connectivity index (χ4v) is 5.66. The van der Waals surface area contributed by atoms with Gasteiger partial charge in [-0.2, -0.15) is 13.2 Å². The molecule has 7 nitrogen and oxygen atoms in total. The molecular formula is C30H26Cl2F6N2O5. The van der Waals surface area contributed by atoms with Crippen molar-refractivity contribution in [3.63, 3.8) is 0 Å². The van der Waals surface area contributed by atoms with E-state index >= 15 is 0 Å². The SMILES string of the molecule is Cc1ccc(-c2c(Cl)cc(F)cc2Cl)c2c1CCCO2.O=C(O)CNC(=O)c1c(F)cc(N2CCOCC2C(F)(F)F)cc1F. The Bertz CT molecular complexity index is 1560. The molecule has 0 radical (unpaired) electrons. The molecule has 2 aliphatic heterocycles. The molecule has 0 saturated carbocycles. The Labute approximate surface area is 263 Å². The van der Waals surface area contributed by atoms with Gasteiger partial charge in [0.15, 0.2) is 0 Å². The Kier molecular flexibility index (Phi) is 10.8. The van der Waals surface area contributed by atoms with Crippen LogP contribution in [0.5, 0.6) is 5.75 Å². The number of nitrogens with zero attached hydrogens (tertiary/aromatic N) is 1. The summed E-state index contributed by atoms with van der Waals surface area (Å²) in [5.74, 6) is -5.15. The maximum atomic E-state index is 14.1. The van der Waals surface area contributed by atoms with Gasteiger partial charge in [0.05, 0.1) is 29.9 Å². The molecule has 15 heteroatoms. The summed E-state index contributed by atoms with van der Waals surface area (Å²) in [7, 11) is 0. The van der Waals surface area contributed by atoms with Crippen LogP contribution >= 0.6 is 23.2 Å². The minimum absolute atomic E-state index is 0.0589. The highest BCUT2D eigenvalue weighted by Crippen LogP contribution is 2.44. The number of carboxylic acids is 1. The van der Waals surface area contributed by atoms with Crippen molar-refractivity contribution in [2.24, 2.45) is 0 Å².